The van der Waals surface area contributed by atoms with E-state index < -0.39 is 27.4 Å². The summed E-state index contributed by atoms with van der Waals surface area (Å²) in [7, 11) is -2.49. The molecule has 3 N–H and O–H groups in total. The van der Waals surface area contributed by atoms with Gasteiger partial charge in [-0.25, -0.2) is 8.42 Å². The molecule has 4 aromatic rings. The average Bonchev–Trinajstić information content (AvgIpc) is 2.93. The summed E-state index contributed by atoms with van der Waals surface area (Å²) < 4.78 is 44.7. The van der Waals surface area contributed by atoms with Crippen molar-refractivity contribution in [3.8, 4) is 17.2 Å². The molecule has 196 valence electrons. The van der Waals surface area contributed by atoms with Crippen LogP contribution in [0, 0.1) is 0 Å². The van der Waals surface area contributed by atoms with Gasteiger partial charge in [0, 0.05) is 22.8 Å². The van der Waals surface area contributed by atoms with E-state index in [9.17, 15) is 18.0 Å². The zero-order valence-electron chi connectivity index (χ0n) is 20.6. The van der Waals surface area contributed by atoms with Crippen molar-refractivity contribution in [2.75, 3.05) is 25.0 Å². The number of ether oxygens (including phenoxy) is 3. The lowest BCUT2D eigenvalue weighted by Crippen LogP contribution is -2.31. The summed E-state index contributed by atoms with van der Waals surface area (Å²) in [4.78, 5) is 29.1. The Morgan fingerprint density at radius 3 is 2.47 bits per heavy atom. The molecule has 2 heterocycles. The fraction of sp³-hybridized carbons (Fsp3) is 0.185. The van der Waals surface area contributed by atoms with E-state index in [1.165, 1.54) is 31.5 Å². The number of carbonyl (C=O) groups is 1. The number of hydrogen-bond acceptors (Lipinski definition) is 7. The number of aromatic amines is 1. The molecule has 5 rings (SSSR count). The van der Waals surface area contributed by atoms with Gasteiger partial charge in [-0.3, -0.25) is 14.3 Å². The van der Waals surface area contributed by atoms with Crippen LogP contribution in [0.15, 0.2) is 76.6 Å². The molecule has 0 aliphatic carbocycles. The number of rotatable bonds is 7. The number of sulfonamides is 1. The van der Waals surface area contributed by atoms with Crippen LogP contribution in [0.2, 0.25) is 0 Å². The molecular formula is C27H25N3O7S. The van der Waals surface area contributed by atoms with Crippen molar-refractivity contribution in [2.45, 2.75) is 17.9 Å². The Hall–Kier alpha value is -4.51. The Bertz CT molecular complexity index is 1680. The molecule has 0 fully saturated rings. The van der Waals surface area contributed by atoms with Crippen molar-refractivity contribution in [2.24, 2.45) is 0 Å². The number of anilines is 1. The number of hydrogen-bond donors (Lipinski definition) is 3. The van der Waals surface area contributed by atoms with E-state index in [0.29, 0.717) is 41.7 Å². The SMILES string of the molecule is COc1ccc(NS(=O)(=O)c2ccc3[nH]cc(C(=O)NC(C)c4ccc5c(c4)OCCO5)c(=O)c3c2)cc1. The van der Waals surface area contributed by atoms with E-state index in [0.717, 1.165) is 5.56 Å². The van der Waals surface area contributed by atoms with Crippen molar-refractivity contribution in [3.05, 3.63) is 88.2 Å². The highest BCUT2D eigenvalue weighted by molar-refractivity contribution is 7.92. The number of aromatic nitrogens is 1. The van der Waals surface area contributed by atoms with Gasteiger partial charge in [-0.05, 0) is 67.1 Å². The third-order valence-corrected chi connectivity index (χ3v) is 7.54. The number of benzene rings is 3. The molecule has 0 saturated carbocycles. The molecule has 1 unspecified atom stereocenters. The summed E-state index contributed by atoms with van der Waals surface area (Å²) in [6.45, 7) is 2.70. The summed E-state index contributed by atoms with van der Waals surface area (Å²) in [6, 6.07) is 15.4. The van der Waals surface area contributed by atoms with Crippen molar-refractivity contribution >= 4 is 32.5 Å². The fourth-order valence-corrected chi connectivity index (χ4v) is 5.18. The second-order valence-corrected chi connectivity index (χ2v) is 10.4. The van der Waals surface area contributed by atoms with Crippen molar-refractivity contribution in [3.63, 3.8) is 0 Å². The third-order valence-electron chi connectivity index (χ3n) is 6.16. The lowest BCUT2D eigenvalue weighted by molar-refractivity contribution is 0.0938. The highest BCUT2D eigenvalue weighted by Crippen LogP contribution is 2.32. The number of carbonyl (C=O) groups excluding carboxylic acids is 1. The maximum atomic E-state index is 13.2. The third kappa shape index (κ3) is 5.00. The monoisotopic (exact) mass is 535 g/mol. The summed E-state index contributed by atoms with van der Waals surface area (Å²) in [5, 5.41) is 2.89. The van der Waals surface area contributed by atoms with E-state index in [1.54, 1.807) is 43.3 Å². The van der Waals surface area contributed by atoms with Gasteiger partial charge in [-0.15, -0.1) is 0 Å². The van der Waals surface area contributed by atoms with E-state index >= 15 is 0 Å². The number of methoxy groups -OCH3 is 1. The molecule has 0 radical (unpaired) electrons. The Labute approximate surface area is 218 Å². The maximum absolute atomic E-state index is 13.2. The van der Waals surface area contributed by atoms with Gasteiger partial charge >= 0.3 is 0 Å². The first-order valence-electron chi connectivity index (χ1n) is 11.8. The predicted molar refractivity (Wildman–Crippen MR) is 142 cm³/mol. The van der Waals surface area contributed by atoms with Crippen LogP contribution in [-0.2, 0) is 10.0 Å². The lowest BCUT2D eigenvalue weighted by atomic mass is 10.1. The molecule has 1 aromatic heterocycles. The van der Waals surface area contributed by atoms with Gasteiger partial charge in [-0.2, -0.15) is 0 Å². The Morgan fingerprint density at radius 1 is 1.00 bits per heavy atom. The van der Waals surface area contributed by atoms with Gasteiger partial charge in [0.15, 0.2) is 11.5 Å². The fourth-order valence-electron chi connectivity index (χ4n) is 4.09. The van der Waals surface area contributed by atoms with Crippen LogP contribution in [0.1, 0.15) is 28.9 Å². The molecule has 1 aliphatic rings. The topological polar surface area (TPSA) is 136 Å². The molecule has 0 saturated heterocycles. The molecule has 0 bridgehead atoms. The Kier molecular flexibility index (Phi) is 6.68. The zero-order chi connectivity index (χ0) is 26.9. The minimum Gasteiger partial charge on any atom is -0.497 e. The molecule has 1 atom stereocenters. The Balaban J connectivity index is 1.39. The standard InChI is InChI=1S/C27H25N3O7S/c1-16(17-3-10-24-25(13-17)37-12-11-36-24)29-27(32)22-15-28-23-9-8-20(14-21(23)26(22)31)38(33,34)30-18-4-6-19(35-2)7-5-18/h3-10,13-16,30H,11-12H2,1-2H3,(H,28,31)(H,29,32). The van der Waals surface area contributed by atoms with Crippen LogP contribution in [0.5, 0.6) is 17.2 Å². The highest BCUT2D eigenvalue weighted by Gasteiger charge is 2.21. The summed E-state index contributed by atoms with van der Waals surface area (Å²) in [5.74, 6) is 1.21. The molecule has 3 aromatic carbocycles. The first kappa shape index (κ1) is 25.2. The predicted octanol–water partition coefficient (Wildman–Crippen LogP) is 3.60. The van der Waals surface area contributed by atoms with E-state index in [4.69, 9.17) is 14.2 Å². The summed E-state index contributed by atoms with van der Waals surface area (Å²) >= 11 is 0. The van der Waals surface area contributed by atoms with Gasteiger partial charge < -0.3 is 24.5 Å². The van der Waals surface area contributed by atoms with Gasteiger partial charge in [0.05, 0.1) is 18.0 Å². The highest BCUT2D eigenvalue weighted by atomic mass is 32.2. The summed E-state index contributed by atoms with van der Waals surface area (Å²) in [6.07, 6.45) is 1.32. The lowest BCUT2D eigenvalue weighted by Gasteiger charge is -2.21. The number of nitrogens with one attached hydrogen (secondary N) is 3. The molecule has 38 heavy (non-hydrogen) atoms. The van der Waals surface area contributed by atoms with Crippen LogP contribution in [0.3, 0.4) is 0 Å². The van der Waals surface area contributed by atoms with Crippen LogP contribution in [0.4, 0.5) is 5.69 Å². The molecule has 1 aliphatic heterocycles. The van der Waals surface area contributed by atoms with E-state index in [-0.39, 0.29) is 15.8 Å². The second-order valence-electron chi connectivity index (χ2n) is 8.67. The Morgan fingerprint density at radius 2 is 1.74 bits per heavy atom. The van der Waals surface area contributed by atoms with Crippen molar-refractivity contribution in [1.29, 1.82) is 0 Å². The van der Waals surface area contributed by atoms with Crippen molar-refractivity contribution < 1.29 is 27.4 Å². The van der Waals surface area contributed by atoms with Gasteiger partial charge in [0.1, 0.15) is 24.5 Å². The van der Waals surface area contributed by atoms with E-state index in [2.05, 4.69) is 15.0 Å². The number of H-pyrrole nitrogens is 1. The first-order valence-corrected chi connectivity index (χ1v) is 13.3. The second kappa shape index (κ2) is 10.1. The van der Waals surface area contributed by atoms with Gasteiger partial charge in [0.25, 0.3) is 15.9 Å². The first-order chi connectivity index (χ1) is 18.2. The molecule has 0 spiro atoms. The number of fused-ring (bicyclic) bond motifs is 2. The number of amides is 1. The average molecular weight is 536 g/mol. The van der Waals surface area contributed by atoms with Crippen molar-refractivity contribution in [1.82, 2.24) is 10.3 Å². The molecule has 1 amide bonds. The largest absolute Gasteiger partial charge is 0.497 e. The summed E-state index contributed by atoms with van der Waals surface area (Å²) in [5.41, 5.74) is 0.778. The van der Waals surface area contributed by atoms with Crippen LogP contribution in [-0.4, -0.2) is 39.6 Å². The minimum atomic E-state index is -4.00. The molecule has 11 heteroatoms. The van der Waals surface area contributed by atoms with Gasteiger partial charge in [-0.1, -0.05) is 6.07 Å². The maximum Gasteiger partial charge on any atom is 0.261 e. The van der Waals surface area contributed by atoms with Crippen LogP contribution >= 0.6 is 0 Å². The molecular weight excluding hydrogens is 510 g/mol. The van der Waals surface area contributed by atoms with E-state index in [1.807, 2.05) is 6.07 Å². The van der Waals surface area contributed by atoms with Crippen LogP contribution in [0.25, 0.3) is 10.9 Å². The molecule has 10 nitrogen and oxygen atoms in total. The minimum absolute atomic E-state index is 0.0715. The number of pyridine rings is 1. The smallest absolute Gasteiger partial charge is 0.261 e. The normalized spacial score (nSPS) is 13.5. The quantitative estimate of drug-likeness (QED) is 0.329. The van der Waals surface area contributed by atoms with Crippen LogP contribution < -0.4 is 29.7 Å². The zero-order valence-corrected chi connectivity index (χ0v) is 21.4. The van der Waals surface area contributed by atoms with Gasteiger partial charge in [0.2, 0.25) is 5.43 Å².